The number of Topliss-reactive ketones (excluding diaryl/α,β-unsaturated/α-hetero) is 1. The Kier molecular flexibility index (Phi) is 5.31. The van der Waals surface area contributed by atoms with Crippen LogP contribution < -0.4 is 0 Å². The van der Waals surface area contributed by atoms with Gasteiger partial charge < -0.3 is 4.74 Å². The summed E-state index contributed by atoms with van der Waals surface area (Å²) in [5.41, 5.74) is 2.72. The zero-order chi connectivity index (χ0) is 13.5. The Morgan fingerprint density at radius 3 is 2.61 bits per heavy atom. The molecule has 0 aliphatic heterocycles. The quantitative estimate of drug-likeness (QED) is 0.592. The van der Waals surface area contributed by atoms with Gasteiger partial charge in [0.05, 0.1) is 13.0 Å². The lowest BCUT2D eigenvalue weighted by molar-refractivity contribution is -0.142. The van der Waals surface area contributed by atoms with E-state index in [4.69, 9.17) is 4.74 Å². The Labute approximate surface area is 107 Å². The molecule has 0 unspecified atom stereocenters. The molecule has 0 aliphatic carbocycles. The molecular formula is C15H18O3. The molecule has 0 saturated heterocycles. The summed E-state index contributed by atoms with van der Waals surface area (Å²) >= 11 is 0. The summed E-state index contributed by atoms with van der Waals surface area (Å²) in [6.45, 7) is 5.67. The van der Waals surface area contributed by atoms with Gasteiger partial charge in [0.25, 0.3) is 0 Å². The Balaban J connectivity index is 2.71. The van der Waals surface area contributed by atoms with Crippen LogP contribution in [0, 0.1) is 6.92 Å². The van der Waals surface area contributed by atoms with Gasteiger partial charge in [0.15, 0.2) is 5.78 Å². The lowest BCUT2D eigenvalue weighted by Gasteiger charge is -2.03. The standard InChI is InChI=1S/C15H18O3/c1-4-18-15(17)7-5-6-13-8-9-14(12(3)16)10-11(13)2/h5-6,8-10H,4,7H2,1-3H3. The van der Waals surface area contributed by atoms with Crippen molar-refractivity contribution < 1.29 is 14.3 Å². The third-order valence-corrected chi connectivity index (χ3v) is 2.56. The molecule has 96 valence electrons. The second kappa shape index (κ2) is 6.74. The molecule has 1 aromatic carbocycles. The van der Waals surface area contributed by atoms with E-state index in [1.165, 1.54) is 0 Å². The van der Waals surface area contributed by atoms with Crippen molar-refractivity contribution in [3.63, 3.8) is 0 Å². The first kappa shape index (κ1) is 14.2. The molecule has 3 heteroatoms. The van der Waals surface area contributed by atoms with Crippen LogP contribution in [0.5, 0.6) is 0 Å². The average molecular weight is 246 g/mol. The number of carbonyl (C=O) groups is 2. The zero-order valence-corrected chi connectivity index (χ0v) is 11.0. The average Bonchev–Trinajstić information content (AvgIpc) is 2.31. The highest BCUT2D eigenvalue weighted by atomic mass is 16.5. The minimum absolute atomic E-state index is 0.0557. The molecule has 0 saturated carbocycles. The number of rotatable bonds is 5. The summed E-state index contributed by atoms with van der Waals surface area (Å²) in [7, 11) is 0. The Bertz CT molecular complexity index is 473. The lowest BCUT2D eigenvalue weighted by atomic mass is 10.0. The molecule has 0 fully saturated rings. The van der Waals surface area contributed by atoms with E-state index in [1.807, 2.05) is 25.1 Å². The SMILES string of the molecule is CCOC(=O)CC=Cc1ccc(C(C)=O)cc1C. The predicted octanol–water partition coefficient (Wildman–Crippen LogP) is 3.16. The number of benzene rings is 1. The summed E-state index contributed by atoms with van der Waals surface area (Å²) in [5.74, 6) is -0.174. The summed E-state index contributed by atoms with van der Waals surface area (Å²) in [5, 5.41) is 0. The van der Waals surface area contributed by atoms with E-state index in [2.05, 4.69) is 0 Å². The molecule has 0 aromatic heterocycles. The number of hydrogen-bond donors (Lipinski definition) is 0. The highest BCUT2D eigenvalue weighted by Crippen LogP contribution is 2.13. The third-order valence-electron chi connectivity index (χ3n) is 2.56. The van der Waals surface area contributed by atoms with Crippen molar-refractivity contribution >= 4 is 17.8 Å². The zero-order valence-electron chi connectivity index (χ0n) is 11.0. The first-order valence-corrected chi connectivity index (χ1v) is 5.98. The second-order valence-electron chi connectivity index (χ2n) is 4.04. The fourth-order valence-corrected chi connectivity index (χ4v) is 1.58. The summed E-state index contributed by atoms with van der Waals surface area (Å²) in [4.78, 5) is 22.3. The largest absolute Gasteiger partial charge is 0.466 e. The van der Waals surface area contributed by atoms with Crippen molar-refractivity contribution in [2.75, 3.05) is 6.61 Å². The minimum Gasteiger partial charge on any atom is -0.466 e. The molecule has 0 aliphatic rings. The molecule has 0 radical (unpaired) electrons. The van der Waals surface area contributed by atoms with E-state index in [1.54, 1.807) is 26.0 Å². The Hall–Kier alpha value is -1.90. The maximum Gasteiger partial charge on any atom is 0.309 e. The molecule has 1 rings (SSSR count). The molecule has 18 heavy (non-hydrogen) atoms. The van der Waals surface area contributed by atoms with Crippen molar-refractivity contribution in [1.82, 2.24) is 0 Å². The third kappa shape index (κ3) is 4.17. The molecule has 0 spiro atoms. The molecule has 0 bridgehead atoms. The van der Waals surface area contributed by atoms with Crippen LogP contribution in [-0.2, 0) is 9.53 Å². The molecule has 0 atom stereocenters. The van der Waals surface area contributed by atoms with Gasteiger partial charge in [0.2, 0.25) is 0 Å². The van der Waals surface area contributed by atoms with E-state index in [-0.39, 0.29) is 18.2 Å². The van der Waals surface area contributed by atoms with Crippen molar-refractivity contribution in [2.45, 2.75) is 27.2 Å². The van der Waals surface area contributed by atoms with E-state index in [9.17, 15) is 9.59 Å². The molecular weight excluding hydrogens is 228 g/mol. The number of ketones is 1. The molecule has 0 heterocycles. The van der Waals surface area contributed by atoms with Crippen LogP contribution in [0.4, 0.5) is 0 Å². The van der Waals surface area contributed by atoms with Gasteiger partial charge in [-0.05, 0) is 38.0 Å². The first-order chi connectivity index (χ1) is 8.54. The van der Waals surface area contributed by atoms with Crippen molar-refractivity contribution in [3.8, 4) is 0 Å². The van der Waals surface area contributed by atoms with Crippen LogP contribution in [0.3, 0.4) is 0 Å². The van der Waals surface area contributed by atoms with Gasteiger partial charge in [-0.1, -0.05) is 24.3 Å². The molecule has 1 aromatic rings. The van der Waals surface area contributed by atoms with Gasteiger partial charge in [-0.25, -0.2) is 0 Å². The summed E-state index contributed by atoms with van der Waals surface area (Å²) < 4.78 is 4.83. The number of ether oxygens (including phenoxy) is 1. The second-order valence-corrected chi connectivity index (χ2v) is 4.04. The smallest absolute Gasteiger partial charge is 0.309 e. The Morgan fingerprint density at radius 1 is 1.33 bits per heavy atom. The van der Waals surface area contributed by atoms with Crippen LogP contribution >= 0.6 is 0 Å². The topological polar surface area (TPSA) is 43.4 Å². The van der Waals surface area contributed by atoms with E-state index < -0.39 is 0 Å². The maximum absolute atomic E-state index is 11.2. The van der Waals surface area contributed by atoms with Crippen LogP contribution in [-0.4, -0.2) is 18.4 Å². The van der Waals surface area contributed by atoms with Gasteiger partial charge in [-0.2, -0.15) is 0 Å². The summed E-state index contributed by atoms with van der Waals surface area (Å²) in [6, 6.07) is 5.53. The normalized spacial score (nSPS) is 10.6. The van der Waals surface area contributed by atoms with Gasteiger partial charge >= 0.3 is 5.97 Å². The number of hydrogen-bond acceptors (Lipinski definition) is 3. The lowest BCUT2D eigenvalue weighted by Crippen LogP contribution is -2.01. The molecule has 3 nitrogen and oxygen atoms in total. The first-order valence-electron chi connectivity index (χ1n) is 5.98. The fourth-order valence-electron chi connectivity index (χ4n) is 1.58. The van der Waals surface area contributed by atoms with E-state index in [0.29, 0.717) is 12.2 Å². The van der Waals surface area contributed by atoms with Crippen LogP contribution in [0.25, 0.3) is 6.08 Å². The predicted molar refractivity (Wildman–Crippen MR) is 71.5 cm³/mol. The number of aryl methyl sites for hydroxylation is 1. The summed E-state index contributed by atoms with van der Waals surface area (Å²) in [6.07, 6.45) is 3.91. The van der Waals surface area contributed by atoms with Crippen LogP contribution in [0.1, 0.15) is 41.8 Å². The monoisotopic (exact) mass is 246 g/mol. The highest BCUT2D eigenvalue weighted by molar-refractivity contribution is 5.94. The van der Waals surface area contributed by atoms with Crippen molar-refractivity contribution in [3.05, 3.63) is 41.0 Å². The highest BCUT2D eigenvalue weighted by Gasteiger charge is 2.02. The van der Waals surface area contributed by atoms with Gasteiger partial charge in [0, 0.05) is 5.56 Å². The number of esters is 1. The van der Waals surface area contributed by atoms with Crippen LogP contribution in [0.15, 0.2) is 24.3 Å². The minimum atomic E-state index is -0.230. The van der Waals surface area contributed by atoms with Crippen molar-refractivity contribution in [1.29, 1.82) is 0 Å². The van der Waals surface area contributed by atoms with E-state index >= 15 is 0 Å². The Morgan fingerprint density at radius 2 is 2.06 bits per heavy atom. The van der Waals surface area contributed by atoms with Gasteiger partial charge in [-0.15, -0.1) is 0 Å². The molecule has 0 N–H and O–H groups in total. The maximum atomic E-state index is 11.2. The molecule has 0 amide bonds. The fraction of sp³-hybridized carbons (Fsp3) is 0.333. The van der Waals surface area contributed by atoms with Crippen LogP contribution in [0.2, 0.25) is 0 Å². The van der Waals surface area contributed by atoms with E-state index in [0.717, 1.165) is 11.1 Å². The number of carbonyl (C=O) groups excluding carboxylic acids is 2. The van der Waals surface area contributed by atoms with Gasteiger partial charge in [-0.3, -0.25) is 9.59 Å². The van der Waals surface area contributed by atoms with Crippen molar-refractivity contribution in [2.24, 2.45) is 0 Å². The van der Waals surface area contributed by atoms with Gasteiger partial charge in [0.1, 0.15) is 0 Å².